The monoisotopic (exact) mass is 242 g/mol. The number of hydrogen-bond donors (Lipinski definition) is 2. The van der Waals surface area contributed by atoms with Crippen molar-refractivity contribution in [2.45, 2.75) is 38.8 Å². The lowest BCUT2D eigenvalue weighted by Gasteiger charge is -2.22. The van der Waals surface area contributed by atoms with Crippen molar-refractivity contribution in [1.29, 1.82) is 5.26 Å². The van der Waals surface area contributed by atoms with Crippen LogP contribution in [0.2, 0.25) is 0 Å². The number of carbonyl (C=O) groups excluding carboxylic acids is 1. The minimum absolute atomic E-state index is 0.114. The number of nitriles is 1. The van der Waals surface area contributed by atoms with Gasteiger partial charge in [-0.15, -0.1) is 0 Å². The standard InChI is InChI=1S/C11H18N2O4/c1-11(2,3)17-10(16)7(6-12)5-8(13-4)9(14)15/h7-8,13H,5H2,1-4H3,(H,14,15). The molecule has 0 rings (SSSR count). The molecule has 0 radical (unpaired) electrons. The lowest BCUT2D eigenvalue weighted by Crippen LogP contribution is -2.38. The molecule has 0 saturated carbocycles. The van der Waals surface area contributed by atoms with Gasteiger partial charge in [0.05, 0.1) is 6.07 Å². The highest BCUT2D eigenvalue weighted by Gasteiger charge is 2.29. The lowest BCUT2D eigenvalue weighted by molar-refractivity contribution is -0.158. The highest BCUT2D eigenvalue weighted by molar-refractivity contribution is 5.78. The van der Waals surface area contributed by atoms with Gasteiger partial charge in [0, 0.05) is 0 Å². The molecular formula is C11H18N2O4. The average molecular weight is 242 g/mol. The first-order valence-corrected chi connectivity index (χ1v) is 5.23. The maximum Gasteiger partial charge on any atom is 0.323 e. The van der Waals surface area contributed by atoms with Crippen LogP contribution in [0.3, 0.4) is 0 Å². The molecule has 2 unspecified atom stereocenters. The normalized spacial score (nSPS) is 14.5. The number of aliphatic carboxylic acids is 1. The molecule has 17 heavy (non-hydrogen) atoms. The highest BCUT2D eigenvalue weighted by atomic mass is 16.6. The molecular weight excluding hydrogens is 224 g/mol. The zero-order valence-corrected chi connectivity index (χ0v) is 10.5. The summed E-state index contributed by atoms with van der Waals surface area (Å²) in [6.45, 7) is 5.06. The van der Waals surface area contributed by atoms with Crippen LogP contribution in [0.1, 0.15) is 27.2 Å². The van der Waals surface area contributed by atoms with E-state index < -0.39 is 29.5 Å². The van der Waals surface area contributed by atoms with Crippen molar-refractivity contribution in [3.05, 3.63) is 0 Å². The number of carboxylic acid groups (broad SMARTS) is 1. The maximum atomic E-state index is 11.6. The van der Waals surface area contributed by atoms with E-state index >= 15 is 0 Å². The van der Waals surface area contributed by atoms with Crippen LogP contribution >= 0.6 is 0 Å². The van der Waals surface area contributed by atoms with Crippen LogP contribution in [0.5, 0.6) is 0 Å². The number of ether oxygens (including phenoxy) is 1. The Hall–Kier alpha value is -1.61. The topological polar surface area (TPSA) is 99.4 Å². The zero-order chi connectivity index (χ0) is 13.6. The summed E-state index contributed by atoms with van der Waals surface area (Å²) in [5.74, 6) is -2.87. The van der Waals surface area contributed by atoms with Gasteiger partial charge in [-0.05, 0) is 34.2 Å². The summed E-state index contributed by atoms with van der Waals surface area (Å²) in [5, 5.41) is 20.2. The predicted molar refractivity (Wildman–Crippen MR) is 60.0 cm³/mol. The predicted octanol–water partition coefficient (Wildman–Crippen LogP) is 0.531. The van der Waals surface area contributed by atoms with Crippen LogP contribution in [-0.2, 0) is 14.3 Å². The summed E-state index contributed by atoms with van der Waals surface area (Å²) < 4.78 is 5.03. The van der Waals surface area contributed by atoms with Gasteiger partial charge in [-0.1, -0.05) is 0 Å². The molecule has 0 amide bonds. The SMILES string of the molecule is CNC(CC(C#N)C(=O)OC(C)(C)C)C(=O)O. The molecule has 2 atom stereocenters. The fraction of sp³-hybridized carbons (Fsp3) is 0.727. The van der Waals surface area contributed by atoms with E-state index in [4.69, 9.17) is 15.1 Å². The van der Waals surface area contributed by atoms with E-state index in [0.717, 1.165) is 0 Å². The minimum atomic E-state index is -1.10. The number of hydrogen-bond acceptors (Lipinski definition) is 5. The third kappa shape index (κ3) is 5.88. The van der Waals surface area contributed by atoms with Crippen molar-refractivity contribution in [2.24, 2.45) is 5.92 Å². The van der Waals surface area contributed by atoms with Crippen molar-refractivity contribution in [1.82, 2.24) is 5.32 Å². The zero-order valence-electron chi connectivity index (χ0n) is 10.5. The Kier molecular flexibility index (Phi) is 5.62. The fourth-order valence-electron chi connectivity index (χ4n) is 1.15. The van der Waals surface area contributed by atoms with Gasteiger partial charge in [0.2, 0.25) is 0 Å². The molecule has 0 bridgehead atoms. The number of nitrogens with one attached hydrogen (secondary N) is 1. The van der Waals surface area contributed by atoms with Gasteiger partial charge >= 0.3 is 11.9 Å². The van der Waals surface area contributed by atoms with E-state index in [1.165, 1.54) is 7.05 Å². The Morgan fingerprint density at radius 1 is 1.47 bits per heavy atom. The van der Waals surface area contributed by atoms with E-state index in [9.17, 15) is 9.59 Å². The van der Waals surface area contributed by atoms with E-state index in [0.29, 0.717) is 0 Å². The Bertz CT molecular complexity index is 327. The molecule has 2 N–H and O–H groups in total. The second-order valence-corrected chi connectivity index (χ2v) is 4.63. The second kappa shape index (κ2) is 6.21. The summed E-state index contributed by atoms with van der Waals surface area (Å²) >= 11 is 0. The van der Waals surface area contributed by atoms with Crippen molar-refractivity contribution < 1.29 is 19.4 Å². The van der Waals surface area contributed by atoms with Crippen molar-refractivity contribution >= 4 is 11.9 Å². The summed E-state index contributed by atoms with van der Waals surface area (Å²) in [5.41, 5.74) is -0.690. The Morgan fingerprint density at radius 3 is 2.29 bits per heavy atom. The smallest absolute Gasteiger partial charge is 0.323 e. The molecule has 0 aromatic carbocycles. The molecule has 0 aliphatic carbocycles. The summed E-state index contributed by atoms with van der Waals surface area (Å²) in [7, 11) is 1.46. The molecule has 0 saturated heterocycles. The summed E-state index contributed by atoms with van der Waals surface area (Å²) in [6, 6.07) is 0.828. The third-order valence-corrected chi connectivity index (χ3v) is 1.97. The van der Waals surface area contributed by atoms with Gasteiger partial charge in [-0.25, -0.2) is 0 Å². The fourth-order valence-corrected chi connectivity index (χ4v) is 1.15. The summed E-state index contributed by atoms with van der Waals surface area (Å²) in [6.07, 6.45) is -0.114. The largest absolute Gasteiger partial charge is 0.480 e. The van der Waals surface area contributed by atoms with Crippen LogP contribution in [0.4, 0.5) is 0 Å². The number of carbonyl (C=O) groups is 2. The van der Waals surface area contributed by atoms with Crippen LogP contribution in [0, 0.1) is 17.2 Å². The number of esters is 1. The first kappa shape index (κ1) is 15.4. The van der Waals surface area contributed by atoms with Gasteiger partial charge < -0.3 is 15.2 Å². The number of rotatable bonds is 5. The molecule has 0 aromatic rings. The quantitative estimate of drug-likeness (QED) is 0.682. The first-order valence-electron chi connectivity index (χ1n) is 5.23. The van der Waals surface area contributed by atoms with E-state index in [1.54, 1.807) is 26.8 Å². The van der Waals surface area contributed by atoms with Gasteiger partial charge in [0.25, 0.3) is 0 Å². The molecule has 0 fully saturated rings. The molecule has 0 aliphatic rings. The molecule has 0 aromatic heterocycles. The maximum absolute atomic E-state index is 11.6. The van der Waals surface area contributed by atoms with Crippen LogP contribution in [0.25, 0.3) is 0 Å². The highest BCUT2D eigenvalue weighted by Crippen LogP contribution is 2.14. The van der Waals surface area contributed by atoms with Gasteiger partial charge in [0.15, 0.2) is 0 Å². The van der Waals surface area contributed by atoms with Gasteiger partial charge in [0.1, 0.15) is 17.6 Å². The Balaban J connectivity index is 4.59. The second-order valence-electron chi connectivity index (χ2n) is 4.63. The molecule has 96 valence electrons. The third-order valence-electron chi connectivity index (χ3n) is 1.97. The number of nitrogens with zero attached hydrogens (tertiary/aromatic N) is 1. The van der Waals surface area contributed by atoms with E-state index in [1.807, 2.05) is 0 Å². The van der Waals surface area contributed by atoms with Gasteiger partial charge in [-0.3, -0.25) is 9.59 Å². The number of likely N-dealkylation sites (N-methyl/N-ethyl adjacent to an activating group) is 1. The van der Waals surface area contributed by atoms with Crippen LogP contribution in [-0.4, -0.2) is 35.7 Å². The molecule has 6 nitrogen and oxygen atoms in total. The van der Waals surface area contributed by atoms with Gasteiger partial charge in [-0.2, -0.15) is 5.26 Å². The molecule has 6 heteroatoms. The van der Waals surface area contributed by atoms with Crippen LogP contribution in [0.15, 0.2) is 0 Å². The average Bonchev–Trinajstić information content (AvgIpc) is 2.15. The lowest BCUT2D eigenvalue weighted by atomic mass is 10.0. The van der Waals surface area contributed by atoms with E-state index in [2.05, 4.69) is 5.32 Å². The van der Waals surface area contributed by atoms with Crippen molar-refractivity contribution in [2.75, 3.05) is 7.05 Å². The Labute approximate surface area is 101 Å². The molecule has 0 heterocycles. The van der Waals surface area contributed by atoms with Crippen LogP contribution < -0.4 is 5.32 Å². The minimum Gasteiger partial charge on any atom is -0.480 e. The first-order chi connectivity index (χ1) is 7.71. The molecule has 0 aliphatic heterocycles. The Morgan fingerprint density at radius 2 is 2.00 bits per heavy atom. The summed E-state index contributed by atoms with van der Waals surface area (Å²) in [4.78, 5) is 22.4. The molecule has 0 spiro atoms. The van der Waals surface area contributed by atoms with Crippen molar-refractivity contribution in [3.8, 4) is 6.07 Å². The van der Waals surface area contributed by atoms with E-state index in [-0.39, 0.29) is 6.42 Å². The van der Waals surface area contributed by atoms with Crippen molar-refractivity contribution in [3.63, 3.8) is 0 Å². The number of carboxylic acids is 1.